The number of benzene rings is 2. The molecule has 1 aliphatic heterocycles. The summed E-state index contributed by atoms with van der Waals surface area (Å²) in [5.41, 5.74) is 0.899. The van der Waals surface area contributed by atoms with E-state index in [-0.39, 0.29) is 41.4 Å². The molecule has 2 fully saturated rings. The minimum absolute atomic E-state index is 0.0727. The minimum Gasteiger partial charge on any atom is -0.491 e. The van der Waals surface area contributed by atoms with Crippen LogP contribution in [0.25, 0.3) is 0 Å². The van der Waals surface area contributed by atoms with Gasteiger partial charge in [0, 0.05) is 17.8 Å². The first kappa shape index (κ1) is 25.3. The second-order valence-corrected chi connectivity index (χ2v) is 9.36. The van der Waals surface area contributed by atoms with Crippen LogP contribution < -0.4 is 4.74 Å². The zero-order valence-corrected chi connectivity index (χ0v) is 19.7. The maximum Gasteiger partial charge on any atom is 0.303 e. The molecule has 1 saturated carbocycles. The Labute approximate surface area is 204 Å². The Morgan fingerprint density at radius 3 is 2.49 bits per heavy atom. The van der Waals surface area contributed by atoms with Crippen LogP contribution in [0.1, 0.15) is 37.7 Å². The van der Waals surface area contributed by atoms with E-state index < -0.39 is 5.97 Å². The molecule has 1 heterocycles. The van der Waals surface area contributed by atoms with Crippen molar-refractivity contribution in [1.29, 1.82) is 0 Å². The summed E-state index contributed by atoms with van der Waals surface area (Å²) in [5.74, 6) is -0.292. The zero-order chi connectivity index (χ0) is 24.7. The third-order valence-corrected chi connectivity index (χ3v) is 7.18. The first-order chi connectivity index (χ1) is 17.0. The number of carboxylic acids is 1. The summed E-state index contributed by atoms with van der Waals surface area (Å²) in [6.07, 6.45) is 7.48. The van der Waals surface area contributed by atoms with Crippen molar-refractivity contribution in [2.45, 2.75) is 43.6 Å². The maximum atomic E-state index is 13.6. The SMILES string of the molecule is O=C(O)CCC/C=C\C[C@H]1[C@H](COCCOc2ccc(F)cc2)[C@@H]2C[C@@]1(c1ccc(F)cc1)CO2. The van der Waals surface area contributed by atoms with Crippen molar-refractivity contribution < 1.29 is 32.9 Å². The van der Waals surface area contributed by atoms with Crippen molar-refractivity contribution in [2.75, 3.05) is 26.4 Å². The Balaban J connectivity index is 1.37. The van der Waals surface area contributed by atoms with Gasteiger partial charge in [-0.2, -0.15) is 0 Å². The van der Waals surface area contributed by atoms with Gasteiger partial charge in [-0.1, -0.05) is 24.3 Å². The van der Waals surface area contributed by atoms with E-state index in [1.807, 2.05) is 12.1 Å². The van der Waals surface area contributed by atoms with E-state index in [1.165, 1.54) is 24.3 Å². The summed E-state index contributed by atoms with van der Waals surface area (Å²) in [7, 11) is 0. The predicted molar refractivity (Wildman–Crippen MR) is 127 cm³/mol. The second kappa shape index (κ2) is 11.8. The lowest BCUT2D eigenvalue weighted by Crippen LogP contribution is -2.41. The Kier molecular flexibility index (Phi) is 8.52. The molecule has 2 aliphatic rings. The number of halogens is 2. The molecule has 5 nitrogen and oxygen atoms in total. The number of allylic oxidation sites excluding steroid dienone is 2. The van der Waals surface area contributed by atoms with Crippen molar-refractivity contribution in [3.05, 3.63) is 77.9 Å². The van der Waals surface area contributed by atoms with Gasteiger partial charge in [-0.3, -0.25) is 4.79 Å². The average Bonchev–Trinajstić information content (AvgIpc) is 3.41. The standard InChI is InChI=1S/C28H32F2O5/c29-21-9-7-20(8-10-21)28-17-26(35-19-28)24(25(28)5-3-1-2-4-6-27(31)32)18-33-15-16-34-23-13-11-22(30)12-14-23/h1,3,7-14,24-26H,2,4-6,15-19H2,(H,31,32)/b3-1-/t24-,25-,26-,28-/m0/s1. The predicted octanol–water partition coefficient (Wildman–Crippen LogP) is 5.53. The third-order valence-electron chi connectivity index (χ3n) is 7.18. The Morgan fingerprint density at radius 1 is 1.06 bits per heavy atom. The molecule has 7 heteroatoms. The molecule has 4 atom stereocenters. The summed E-state index contributed by atoms with van der Waals surface area (Å²) in [4.78, 5) is 10.7. The van der Waals surface area contributed by atoms with Crippen molar-refractivity contribution in [3.8, 4) is 5.75 Å². The highest BCUT2D eigenvalue weighted by Gasteiger charge is 2.59. The lowest BCUT2D eigenvalue weighted by molar-refractivity contribution is -0.137. The van der Waals surface area contributed by atoms with Crippen molar-refractivity contribution in [1.82, 2.24) is 0 Å². The highest BCUT2D eigenvalue weighted by atomic mass is 19.1. The van der Waals surface area contributed by atoms with Crippen molar-refractivity contribution >= 4 is 5.97 Å². The number of carbonyl (C=O) groups is 1. The van der Waals surface area contributed by atoms with E-state index in [2.05, 4.69) is 12.2 Å². The highest BCUT2D eigenvalue weighted by Crippen LogP contribution is 2.56. The van der Waals surface area contributed by atoms with Gasteiger partial charge >= 0.3 is 5.97 Å². The molecule has 0 unspecified atom stereocenters. The topological polar surface area (TPSA) is 65.0 Å². The normalized spacial score (nSPS) is 25.4. The summed E-state index contributed by atoms with van der Waals surface area (Å²) >= 11 is 0. The maximum absolute atomic E-state index is 13.6. The van der Waals surface area contributed by atoms with E-state index >= 15 is 0 Å². The van der Waals surface area contributed by atoms with E-state index in [1.54, 1.807) is 12.1 Å². The number of aliphatic carboxylic acids is 1. The van der Waals surface area contributed by atoms with Gasteiger partial charge in [-0.15, -0.1) is 0 Å². The number of ether oxygens (including phenoxy) is 3. The van der Waals surface area contributed by atoms with Gasteiger partial charge in [0.05, 0.1) is 25.9 Å². The largest absolute Gasteiger partial charge is 0.491 e. The van der Waals surface area contributed by atoms with Gasteiger partial charge in [-0.25, -0.2) is 8.78 Å². The number of fused-ring (bicyclic) bond motifs is 2. The molecule has 2 aromatic carbocycles. The number of unbranched alkanes of at least 4 members (excludes halogenated alkanes) is 1. The molecular weight excluding hydrogens is 454 g/mol. The number of hydrogen-bond acceptors (Lipinski definition) is 4. The van der Waals surface area contributed by atoms with Crippen LogP contribution in [0.15, 0.2) is 60.7 Å². The Morgan fingerprint density at radius 2 is 1.77 bits per heavy atom. The van der Waals surface area contributed by atoms with Crippen LogP contribution in [0, 0.1) is 23.5 Å². The lowest BCUT2D eigenvalue weighted by Gasteiger charge is -2.39. The number of rotatable bonds is 13. The van der Waals surface area contributed by atoms with Gasteiger partial charge in [0.1, 0.15) is 24.0 Å². The van der Waals surface area contributed by atoms with Gasteiger partial charge in [0.15, 0.2) is 0 Å². The molecule has 1 aliphatic carbocycles. The van der Waals surface area contributed by atoms with E-state index in [9.17, 15) is 13.6 Å². The molecule has 0 radical (unpaired) electrons. The molecule has 2 bridgehead atoms. The fourth-order valence-electron chi connectivity index (χ4n) is 5.46. The molecule has 188 valence electrons. The van der Waals surface area contributed by atoms with E-state index in [4.69, 9.17) is 19.3 Å². The lowest BCUT2D eigenvalue weighted by atomic mass is 9.69. The summed E-state index contributed by atoms with van der Waals surface area (Å²) in [6, 6.07) is 12.6. The van der Waals surface area contributed by atoms with Crippen LogP contribution in [0.2, 0.25) is 0 Å². The minimum atomic E-state index is -0.778. The monoisotopic (exact) mass is 486 g/mol. The molecule has 1 N–H and O–H groups in total. The molecule has 0 spiro atoms. The molecule has 0 amide bonds. The first-order valence-electron chi connectivity index (χ1n) is 12.2. The smallest absolute Gasteiger partial charge is 0.303 e. The van der Waals surface area contributed by atoms with Gasteiger partial charge in [0.2, 0.25) is 0 Å². The van der Waals surface area contributed by atoms with Crippen LogP contribution in [-0.2, 0) is 19.7 Å². The molecule has 35 heavy (non-hydrogen) atoms. The first-order valence-corrected chi connectivity index (χ1v) is 12.2. The van der Waals surface area contributed by atoms with Gasteiger partial charge in [0.25, 0.3) is 0 Å². The fourth-order valence-corrected chi connectivity index (χ4v) is 5.46. The van der Waals surface area contributed by atoms with Gasteiger partial charge in [-0.05, 0) is 73.6 Å². The van der Waals surface area contributed by atoms with Crippen LogP contribution in [0.4, 0.5) is 8.78 Å². The quantitative estimate of drug-likeness (QED) is 0.298. The zero-order valence-electron chi connectivity index (χ0n) is 19.7. The number of hydrogen-bond donors (Lipinski definition) is 1. The van der Waals surface area contributed by atoms with Crippen LogP contribution in [0.5, 0.6) is 5.75 Å². The van der Waals surface area contributed by atoms with Crippen molar-refractivity contribution in [3.63, 3.8) is 0 Å². The second-order valence-electron chi connectivity index (χ2n) is 9.36. The highest BCUT2D eigenvalue weighted by molar-refractivity contribution is 5.66. The van der Waals surface area contributed by atoms with Crippen LogP contribution in [0.3, 0.4) is 0 Å². The van der Waals surface area contributed by atoms with Crippen molar-refractivity contribution in [2.24, 2.45) is 11.8 Å². The van der Waals surface area contributed by atoms with Crippen LogP contribution >= 0.6 is 0 Å². The summed E-state index contributed by atoms with van der Waals surface area (Å²) in [6.45, 7) is 1.89. The Bertz CT molecular complexity index is 991. The van der Waals surface area contributed by atoms with Gasteiger partial charge < -0.3 is 19.3 Å². The molecule has 2 aromatic rings. The van der Waals surface area contributed by atoms with E-state index in [0.717, 1.165) is 24.8 Å². The van der Waals surface area contributed by atoms with E-state index in [0.29, 0.717) is 38.6 Å². The molecule has 0 aromatic heterocycles. The Hall–Kier alpha value is -2.77. The fraction of sp³-hybridized carbons (Fsp3) is 0.464. The summed E-state index contributed by atoms with van der Waals surface area (Å²) in [5, 5.41) is 8.82. The molecular formula is C28H32F2O5. The average molecular weight is 487 g/mol. The molecule has 1 saturated heterocycles. The van der Waals surface area contributed by atoms with Crippen LogP contribution in [-0.4, -0.2) is 43.6 Å². The summed E-state index contributed by atoms with van der Waals surface area (Å²) < 4.78 is 44.4. The third kappa shape index (κ3) is 6.27. The molecule has 4 rings (SSSR count). The number of carboxylic acid groups (broad SMARTS) is 1.